The summed E-state index contributed by atoms with van der Waals surface area (Å²) < 4.78 is 16.3. The van der Waals surface area contributed by atoms with Gasteiger partial charge in [-0.15, -0.1) is 0 Å². The van der Waals surface area contributed by atoms with Gasteiger partial charge >= 0.3 is 0 Å². The van der Waals surface area contributed by atoms with Crippen molar-refractivity contribution in [3.63, 3.8) is 0 Å². The smallest absolute Gasteiger partial charge is 0.143 e. The Morgan fingerprint density at radius 2 is 2.00 bits per heavy atom. The van der Waals surface area contributed by atoms with Crippen LogP contribution in [0.4, 0.5) is 0 Å². The lowest BCUT2D eigenvalue weighted by atomic mass is 10.1. The fraction of sp³-hybridized carbons (Fsp3) is 0.231. The number of halogens is 1. The molecule has 0 radical (unpaired) electrons. The highest BCUT2D eigenvalue weighted by Crippen LogP contribution is 2.41. The largest absolute Gasteiger partial charge is 0.495 e. The van der Waals surface area contributed by atoms with Gasteiger partial charge < -0.3 is 19.0 Å². The molecule has 1 unspecified atom stereocenters. The Balaban J connectivity index is 2.48. The lowest BCUT2D eigenvalue weighted by Crippen LogP contribution is -2.02. The van der Waals surface area contributed by atoms with E-state index in [1.165, 1.54) is 13.4 Å². The second kappa shape index (κ2) is 5.46. The molecule has 1 aromatic carbocycles. The van der Waals surface area contributed by atoms with Gasteiger partial charge in [-0.05, 0) is 40.2 Å². The number of benzene rings is 1. The molecule has 0 saturated heterocycles. The maximum Gasteiger partial charge on any atom is 0.143 e. The highest BCUT2D eigenvalue weighted by Gasteiger charge is 2.21. The topological polar surface area (TPSA) is 51.8 Å². The van der Waals surface area contributed by atoms with Crippen LogP contribution in [-0.4, -0.2) is 19.3 Å². The summed E-state index contributed by atoms with van der Waals surface area (Å²) in [6.45, 7) is 0. The fourth-order valence-electron chi connectivity index (χ4n) is 1.73. The highest BCUT2D eigenvalue weighted by atomic mass is 79.9. The number of aliphatic hydroxyl groups excluding tert-OH is 1. The van der Waals surface area contributed by atoms with Crippen molar-refractivity contribution >= 4 is 15.9 Å². The number of furan rings is 1. The van der Waals surface area contributed by atoms with Gasteiger partial charge in [-0.3, -0.25) is 0 Å². The lowest BCUT2D eigenvalue weighted by molar-refractivity contribution is 0.184. The van der Waals surface area contributed by atoms with Gasteiger partial charge in [-0.1, -0.05) is 0 Å². The van der Waals surface area contributed by atoms with E-state index in [9.17, 15) is 5.11 Å². The van der Waals surface area contributed by atoms with Gasteiger partial charge in [0, 0.05) is 5.56 Å². The Morgan fingerprint density at radius 1 is 1.22 bits per heavy atom. The van der Waals surface area contributed by atoms with Gasteiger partial charge in [0.1, 0.15) is 27.8 Å². The van der Waals surface area contributed by atoms with Crippen LogP contribution in [0.15, 0.2) is 39.4 Å². The van der Waals surface area contributed by atoms with E-state index in [4.69, 9.17) is 13.9 Å². The normalized spacial score (nSPS) is 12.2. The second-order valence-corrected chi connectivity index (χ2v) is 4.42. The SMILES string of the molecule is COc1ccc(C(O)c2ccco2)c(OC)c1Br. The Bertz CT molecular complexity index is 522. The molecule has 0 aliphatic heterocycles. The van der Waals surface area contributed by atoms with Gasteiger partial charge in [-0.25, -0.2) is 0 Å². The number of ether oxygens (including phenoxy) is 2. The van der Waals surface area contributed by atoms with Crippen molar-refractivity contribution in [3.05, 3.63) is 46.3 Å². The summed E-state index contributed by atoms with van der Waals surface area (Å²) in [6, 6.07) is 6.94. The molecule has 0 fully saturated rings. The minimum atomic E-state index is -0.878. The van der Waals surface area contributed by atoms with Crippen LogP contribution >= 0.6 is 15.9 Å². The third kappa shape index (κ3) is 2.23. The standard InChI is InChI=1S/C13H13BrO4/c1-16-9-6-5-8(13(17-2)11(9)14)12(15)10-4-3-7-18-10/h3-7,12,15H,1-2H3. The van der Waals surface area contributed by atoms with E-state index >= 15 is 0 Å². The summed E-state index contributed by atoms with van der Waals surface area (Å²) in [4.78, 5) is 0. The van der Waals surface area contributed by atoms with E-state index in [1.54, 1.807) is 31.4 Å². The van der Waals surface area contributed by atoms with Crippen LogP contribution < -0.4 is 9.47 Å². The molecule has 0 amide bonds. The zero-order valence-corrected chi connectivity index (χ0v) is 11.6. The second-order valence-electron chi connectivity index (χ2n) is 3.62. The minimum absolute atomic E-state index is 0.463. The van der Waals surface area contributed by atoms with Crippen LogP contribution in [-0.2, 0) is 0 Å². The predicted octanol–water partition coefficient (Wildman–Crippen LogP) is 3.14. The van der Waals surface area contributed by atoms with Crippen molar-refractivity contribution in [2.75, 3.05) is 14.2 Å². The number of aliphatic hydroxyl groups is 1. The molecule has 0 bridgehead atoms. The number of hydrogen-bond acceptors (Lipinski definition) is 4. The number of hydrogen-bond donors (Lipinski definition) is 1. The molecular weight excluding hydrogens is 300 g/mol. The van der Waals surface area contributed by atoms with E-state index < -0.39 is 6.10 Å². The minimum Gasteiger partial charge on any atom is -0.495 e. The van der Waals surface area contributed by atoms with Crippen LogP contribution in [0.25, 0.3) is 0 Å². The van der Waals surface area contributed by atoms with Crippen LogP contribution in [0.3, 0.4) is 0 Å². The molecule has 2 rings (SSSR count). The molecule has 96 valence electrons. The first kappa shape index (κ1) is 13.0. The summed E-state index contributed by atoms with van der Waals surface area (Å²) in [5.74, 6) is 1.63. The van der Waals surface area contributed by atoms with Gasteiger partial charge in [0.15, 0.2) is 0 Å². The van der Waals surface area contributed by atoms with Crippen LogP contribution in [0.1, 0.15) is 17.4 Å². The van der Waals surface area contributed by atoms with Gasteiger partial charge in [-0.2, -0.15) is 0 Å². The maximum absolute atomic E-state index is 10.2. The summed E-state index contributed by atoms with van der Waals surface area (Å²) in [7, 11) is 3.11. The molecule has 0 aliphatic rings. The van der Waals surface area contributed by atoms with Crippen LogP contribution in [0, 0.1) is 0 Å². The monoisotopic (exact) mass is 312 g/mol. The number of methoxy groups -OCH3 is 2. The van der Waals surface area contributed by atoms with E-state index in [2.05, 4.69) is 15.9 Å². The average molecular weight is 313 g/mol. The quantitative estimate of drug-likeness (QED) is 0.942. The summed E-state index contributed by atoms with van der Waals surface area (Å²) in [5, 5.41) is 10.2. The Kier molecular flexibility index (Phi) is 3.93. The van der Waals surface area contributed by atoms with Crippen molar-refractivity contribution in [3.8, 4) is 11.5 Å². The Hall–Kier alpha value is -1.46. The zero-order chi connectivity index (χ0) is 13.1. The summed E-state index contributed by atoms with van der Waals surface area (Å²) >= 11 is 3.39. The first-order valence-corrected chi connectivity index (χ1v) is 6.10. The van der Waals surface area contributed by atoms with Crippen LogP contribution in [0.5, 0.6) is 11.5 Å². The molecular formula is C13H13BrO4. The lowest BCUT2D eigenvalue weighted by Gasteiger charge is -2.16. The van der Waals surface area contributed by atoms with E-state index in [0.29, 0.717) is 27.3 Å². The van der Waals surface area contributed by atoms with Crippen LogP contribution in [0.2, 0.25) is 0 Å². The first-order valence-electron chi connectivity index (χ1n) is 5.31. The average Bonchev–Trinajstić information content (AvgIpc) is 2.91. The molecule has 1 N–H and O–H groups in total. The van der Waals surface area contributed by atoms with Crippen molar-refractivity contribution in [1.82, 2.24) is 0 Å². The predicted molar refractivity (Wildman–Crippen MR) is 70.0 cm³/mol. The van der Waals surface area contributed by atoms with Crippen molar-refractivity contribution in [2.45, 2.75) is 6.10 Å². The summed E-state index contributed by atoms with van der Waals surface area (Å²) in [6.07, 6.45) is 0.640. The maximum atomic E-state index is 10.2. The van der Waals surface area contributed by atoms with Crippen molar-refractivity contribution < 1.29 is 19.0 Å². The third-order valence-electron chi connectivity index (χ3n) is 2.62. The van der Waals surface area contributed by atoms with E-state index in [1.807, 2.05) is 0 Å². The van der Waals surface area contributed by atoms with Crippen molar-refractivity contribution in [2.24, 2.45) is 0 Å². The third-order valence-corrected chi connectivity index (χ3v) is 3.37. The van der Waals surface area contributed by atoms with E-state index in [-0.39, 0.29) is 0 Å². The van der Waals surface area contributed by atoms with E-state index in [0.717, 1.165) is 0 Å². The molecule has 1 heterocycles. The Morgan fingerprint density at radius 3 is 2.56 bits per heavy atom. The molecule has 0 spiro atoms. The van der Waals surface area contributed by atoms with Crippen molar-refractivity contribution in [1.29, 1.82) is 0 Å². The number of rotatable bonds is 4. The van der Waals surface area contributed by atoms with Gasteiger partial charge in [0.05, 0.1) is 20.5 Å². The molecule has 18 heavy (non-hydrogen) atoms. The zero-order valence-electron chi connectivity index (χ0n) is 10.0. The highest BCUT2D eigenvalue weighted by molar-refractivity contribution is 9.10. The molecule has 4 nitrogen and oxygen atoms in total. The Labute approximate surface area is 113 Å². The molecule has 5 heteroatoms. The first-order chi connectivity index (χ1) is 8.69. The molecule has 0 saturated carbocycles. The summed E-state index contributed by atoms with van der Waals surface area (Å²) in [5.41, 5.74) is 0.611. The molecule has 1 aromatic heterocycles. The van der Waals surface area contributed by atoms with Gasteiger partial charge in [0.2, 0.25) is 0 Å². The molecule has 2 aromatic rings. The molecule has 1 atom stereocenters. The fourth-order valence-corrected chi connectivity index (χ4v) is 2.42. The van der Waals surface area contributed by atoms with Gasteiger partial charge in [0.25, 0.3) is 0 Å². The molecule has 0 aliphatic carbocycles.